The zero-order valence-electron chi connectivity index (χ0n) is 18.7. The number of unbranched alkanes of at least 4 members (excludes halogenated alkanes) is 2. The van der Waals surface area contributed by atoms with E-state index in [9.17, 15) is 14.9 Å². The van der Waals surface area contributed by atoms with E-state index in [1.54, 1.807) is 11.8 Å². The molecule has 0 spiro atoms. The van der Waals surface area contributed by atoms with Gasteiger partial charge in [-0.1, -0.05) is 31.9 Å². The molecule has 0 aliphatic carbocycles. The smallest absolute Gasteiger partial charge is 0.409 e. The first kappa shape index (κ1) is 23.3. The number of rotatable bonds is 8. The molecule has 1 aliphatic heterocycles. The molecule has 1 aromatic heterocycles. The molecule has 3 rings (SSSR count). The van der Waals surface area contributed by atoms with E-state index in [1.165, 1.54) is 0 Å². The highest BCUT2D eigenvalue weighted by Gasteiger charge is 2.31. The second-order valence-corrected chi connectivity index (χ2v) is 7.65. The lowest BCUT2D eigenvalue weighted by Crippen LogP contribution is -2.49. The van der Waals surface area contributed by atoms with Crippen molar-refractivity contribution >= 4 is 28.9 Å². The highest BCUT2D eigenvalue weighted by atomic mass is 16.6. The summed E-state index contributed by atoms with van der Waals surface area (Å²) >= 11 is 0. The maximum Gasteiger partial charge on any atom is 0.409 e. The third-order valence-electron chi connectivity index (χ3n) is 5.43. The van der Waals surface area contributed by atoms with Crippen molar-refractivity contribution in [3.8, 4) is 6.07 Å². The maximum atomic E-state index is 12.8. The number of ether oxygens (including phenoxy) is 1. The van der Waals surface area contributed by atoms with Gasteiger partial charge in [0.2, 0.25) is 5.91 Å². The molecule has 0 unspecified atom stereocenters. The van der Waals surface area contributed by atoms with Crippen molar-refractivity contribution in [1.82, 2.24) is 20.2 Å². The largest absolute Gasteiger partial charge is 0.450 e. The standard InChI is InChI=1S/C23H30N6O3/c1-3-5-8-11-25-22(30)17(16-24)20-21(27-19-10-7-6-9-18(19)26-20)28-12-14-29(15-13-28)23(31)32-4-2/h6-7,9-10,17H,3-5,8,11-15H2,1-2H3,(H,25,30)/t17-/m1/s1. The minimum absolute atomic E-state index is 0.330. The summed E-state index contributed by atoms with van der Waals surface area (Å²) in [5.41, 5.74) is 1.68. The van der Waals surface area contributed by atoms with Crippen LogP contribution in [0.1, 0.15) is 44.7 Å². The average Bonchev–Trinajstić information content (AvgIpc) is 2.82. The predicted molar refractivity (Wildman–Crippen MR) is 121 cm³/mol. The molecule has 0 bridgehead atoms. The van der Waals surface area contributed by atoms with Gasteiger partial charge in [-0.3, -0.25) is 4.79 Å². The Labute approximate surface area is 188 Å². The summed E-state index contributed by atoms with van der Waals surface area (Å²) in [5, 5.41) is 12.7. The second kappa shape index (κ2) is 11.3. The van der Waals surface area contributed by atoms with Gasteiger partial charge in [-0.2, -0.15) is 5.26 Å². The Morgan fingerprint density at radius 1 is 1.12 bits per heavy atom. The third kappa shape index (κ3) is 5.44. The quantitative estimate of drug-likeness (QED) is 0.631. The van der Waals surface area contributed by atoms with E-state index in [0.717, 1.165) is 19.3 Å². The number of hydrogen-bond acceptors (Lipinski definition) is 7. The summed E-state index contributed by atoms with van der Waals surface area (Å²) in [4.78, 5) is 37.9. The van der Waals surface area contributed by atoms with Crippen LogP contribution in [0.25, 0.3) is 11.0 Å². The van der Waals surface area contributed by atoms with Crippen molar-refractivity contribution in [2.24, 2.45) is 0 Å². The summed E-state index contributed by atoms with van der Waals surface area (Å²) in [6, 6.07) is 9.53. The van der Waals surface area contributed by atoms with E-state index in [-0.39, 0.29) is 12.0 Å². The second-order valence-electron chi connectivity index (χ2n) is 7.65. The molecule has 32 heavy (non-hydrogen) atoms. The van der Waals surface area contributed by atoms with Crippen molar-refractivity contribution < 1.29 is 14.3 Å². The van der Waals surface area contributed by atoms with Crippen LogP contribution in [0.4, 0.5) is 10.6 Å². The van der Waals surface area contributed by atoms with Crippen LogP contribution in [0.5, 0.6) is 0 Å². The average molecular weight is 439 g/mol. The van der Waals surface area contributed by atoms with Gasteiger partial charge in [-0.25, -0.2) is 14.8 Å². The molecule has 1 aromatic carbocycles. The zero-order chi connectivity index (χ0) is 22.9. The van der Waals surface area contributed by atoms with E-state index in [2.05, 4.69) is 23.3 Å². The van der Waals surface area contributed by atoms with Crippen molar-refractivity contribution in [2.75, 3.05) is 44.2 Å². The topological polar surface area (TPSA) is 111 Å². The minimum Gasteiger partial charge on any atom is -0.450 e. The van der Waals surface area contributed by atoms with Gasteiger partial charge in [-0.15, -0.1) is 0 Å². The Morgan fingerprint density at radius 2 is 1.81 bits per heavy atom. The molecule has 1 aliphatic rings. The molecule has 1 N–H and O–H groups in total. The van der Waals surface area contributed by atoms with E-state index >= 15 is 0 Å². The van der Waals surface area contributed by atoms with Gasteiger partial charge >= 0.3 is 6.09 Å². The third-order valence-corrected chi connectivity index (χ3v) is 5.43. The number of aromatic nitrogens is 2. The number of nitrogens with zero attached hydrogens (tertiary/aromatic N) is 5. The first-order valence-electron chi connectivity index (χ1n) is 11.2. The molecule has 170 valence electrons. The number of hydrogen-bond donors (Lipinski definition) is 1. The van der Waals surface area contributed by atoms with Gasteiger partial charge in [0.25, 0.3) is 0 Å². The van der Waals surface area contributed by atoms with E-state index in [0.29, 0.717) is 61.9 Å². The Hall–Kier alpha value is -3.41. The van der Waals surface area contributed by atoms with Gasteiger partial charge in [-0.05, 0) is 25.5 Å². The molecule has 0 saturated carbocycles. The highest BCUT2D eigenvalue weighted by molar-refractivity contribution is 5.88. The fraction of sp³-hybridized carbons (Fsp3) is 0.522. The fourth-order valence-corrected chi connectivity index (χ4v) is 3.68. The fourth-order valence-electron chi connectivity index (χ4n) is 3.68. The minimum atomic E-state index is -1.06. The number of carbonyl (C=O) groups is 2. The van der Waals surface area contributed by atoms with Gasteiger partial charge in [0, 0.05) is 32.7 Å². The summed E-state index contributed by atoms with van der Waals surface area (Å²) in [7, 11) is 0. The molecule has 1 atom stereocenters. The van der Waals surface area contributed by atoms with Gasteiger partial charge in [0.05, 0.1) is 23.7 Å². The predicted octanol–water partition coefficient (Wildman–Crippen LogP) is 2.82. The van der Waals surface area contributed by atoms with Crippen LogP contribution < -0.4 is 10.2 Å². The molecule has 1 fully saturated rings. The summed E-state index contributed by atoms with van der Waals surface area (Å²) in [5.74, 6) is -0.908. The van der Waals surface area contributed by atoms with Crippen molar-refractivity contribution in [2.45, 2.75) is 39.0 Å². The molecule has 1 saturated heterocycles. The number of nitrogens with one attached hydrogen (secondary N) is 1. The van der Waals surface area contributed by atoms with Crippen LogP contribution in [0, 0.1) is 11.3 Å². The first-order chi connectivity index (χ1) is 15.6. The highest BCUT2D eigenvalue weighted by Crippen LogP contribution is 2.28. The summed E-state index contributed by atoms with van der Waals surface area (Å²) < 4.78 is 5.09. The van der Waals surface area contributed by atoms with Crippen LogP contribution in [-0.4, -0.2) is 66.2 Å². The van der Waals surface area contributed by atoms with Crippen LogP contribution >= 0.6 is 0 Å². The molecule has 2 aromatic rings. The molecular weight excluding hydrogens is 408 g/mol. The Bertz CT molecular complexity index is 981. The number of anilines is 1. The number of fused-ring (bicyclic) bond motifs is 1. The lowest BCUT2D eigenvalue weighted by Gasteiger charge is -2.35. The monoisotopic (exact) mass is 438 g/mol. The van der Waals surface area contributed by atoms with Gasteiger partial charge in [0.15, 0.2) is 11.7 Å². The molecule has 9 nitrogen and oxygen atoms in total. The van der Waals surface area contributed by atoms with Crippen molar-refractivity contribution in [1.29, 1.82) is 5.26 Å². The Kier molecular flexibility index (Phi) is 8.20. The molecular formula is C23H30N6O3. The maximum absolute atomic E-state index is 12.8. The number of carbonyl (C=O) groups excluding carboxylic acids is 2. The summed E-state index contributed by atoms with van der Waals surface area (Å²) in [6.07, 6.45) is 2.60. The van der Waals surface area contributed by atoms with Crippen LogP contribution in [0.3, 0.4) is 0 Å². The number of benzene rings is 1. The molecule has 9 heteroatoms. The number of nitriles is 1. The lowest BCUT2D eigenvalue weighted by molar-refractivity contribution is -0.121. The Morgan fingerprint density at radius 3 is 2.44 bits per heavy atom. The first-order valence-corrected chi connectivity index (χ1v) is 11.2. The van der Waals surface area contributed by atoms with Gasteiger partial charge < -0.3 is 19.9 Å². The van der Waals surface area contributed by atoms with E-state index in [4.69, 9.17) is 9.72 Å². The molecule has 2 heterocycles. The van der Waals surface area contributed by atoms with Crippen LogP contribution in [0.2, 0.25) is 0 Å². The van der Waals surface area contributed by atoms with Crippen LogP contribution in [-0.2, 0) is 9.53 Å². The molecule has 2 amide bonds. The normalized spacial score (nSPS) is 14.7. The molecule has 0 radical (unpaired) electrons. The Balaban J connectivity index is 1.87. The lowest BCUT2D eigenvalue weighted by atomic mass is 10.0. The summed E-state index contributed by atoms with van der Waals surface area (Å²) in [6.45, 7) is 6.68. The number of amides is 2. The van der Waals surface area contributed by atoms with Crippen molar-refractivity contribution in [3.05, 3.63) is 30.0 Å². The number of piperazine rings is 1. The van der Waals surface area contributed by atoms with Gasteiger partial charge in [0.1, 0.15) is 5.69 Å². The van der Waals surface area contributed by atoms with E-state index < -0.39 is 5.92 Å². The van der Waals surface area contributed by atoms with Crippen molar-refractivity contribution in [3.63, 3.8) is 0 Å². The number of para-hydroxylation sites is 2. The van der Waals surface area contributed by atoms with E-state index in [1.807, 2.05) is 29.2 Å². The van der Waals surface area contributed by atoms with Crippen LogP contribution in [0.15, 0.2) is 24.3 Å². The zero-order valence-corrected chi connectivity index (χ0v) is 18.7. The SMILES string of the molecule is CCCCCNC(=O)[C@H](C#N)c1nc2ccccc2nc1N1CCN(C(=O)OCC)CC1.